The average molecular weight is 308 g/mol. The van der Waals surface area contributed by atoms with Crippen molar-refractivity contribution in [2.24, 2.45) is 0 Å². The molecule has 20 heavy (non-hydrogen) atoms. The van der Waals surface area contributed by atoms with Crippen molar-refractivity contribution < 1.29 is 5.11 Å². The smallest absolute Gasteiger partial charge is 0.100 e. The zero-order chi connectivity index (χ0) is 14.2. The maximum absolute atomic E-state index is 10.6. The van der Waals surface area contributed by atoms with Crippen LogP contribution in [0.1, 0.15) is 46.9 Å². The van der Waals surface area contributed by atoms with E-state index in [4.69, 9.17) is 0 Å². The Kier molecular flexibility index (Phi) is 3.95. The summed E-state index contributed by atoms with van der Waals surface area (Å²) in [5.41, 5.74) is 1.44. The Morgan fingerprint density at radius 2 is 2.40 bits per heavy atom. The predicted molar refractivity (Wildman–Crippen MR) is 84.4 cm³/mol. The maximum atomic E-state index is 10.6. The lowest BCUT2D eigenvalue weighted by atomic mass is 9.95. The number of thiophene rings is 1. The van der Waals surface area contributed by atoms with Crippen molar-refractivity contribution in [2.45, 2.75) is 44.8 Å². The highest BCUT2D eigenvalue weighted by Crippen LogP contribution is 2.34. The molecule has 2 aromatic rings. The van der Waals surface area contributed by atoms with Gasteiger partial charge in [-0.15, -0.1) is 11.3 Å². The molecule has 3 rings (SSSR count). The summed E-state index contributed by atoms with van der Waals surface area (Å²) >= 11 is 3.42. The van der Waals surface area contributed by atoms with E-state index >= 15 is 0 Å². The topological polar surface area (TPSA) is 45.2 Å². The van der Waals surface area contributed by atoms with Crippen LogP contribution in [0.15, 0.2) is 16.8 Å². The second kappa shape index (κ2) is 5.56. The van der Waals surface area contributed by atoms with Gasteiger partial charge in [0.15, 0.2) is 0 Å². The van der Waals surface area contributed by atoms with Crippen LogP contribution in [0.2, 0.25) is 0 Å². The predicted octanol–water partition coefficient (Wildman–Crippen LogP) is 3.39. The summed E-state index contributed by atoms with van der Waals surface area (Å²) in [6.45, 7) is 4.52. The van der Waals surface area contributed by atoms with Crippen molar-refractivity contribution in [2.75, 3.05) is 6.54 Å². The average Bonchev–Trinajstić information content (AvgIpc) is 3.04. The first-order valence-electron chi connectivity index (χ1n) is 7.01. The summed E-state index contributed by atoms with van der Waals surface area (Å²) in [5.74, 6) is 0. The summed E-state index contributed by atoms with van der Waals surface area (Å²) in [6.07, 6.45) is 3.40. The van der Waals surface area contributed by atoms with E-state index < -0.39 is 5.60 Å². The van der Waals surface area contributed by atoms with E-state index in [-0.39, 0.29) is 0 Å². The van der Waals surface area contributed by atoms with Gasteiger partial charge in [-0.3, -0.25) is 0 Å². The monoisotopic (exact) mass is 308 g/mol. The molecule has 1 aliphatic rings. The minimum atomic E-state index is -0.808. The maximum Gasteiger partial charge on any atom is 0.100 e. The number of fused-ring (bicyclic) bond motifs is 1. The molecule has 0 amide bonds. The summed E-state index contributed by atoms with van der Waals surface area (Å²) in [5, 5.41) is 19.3. The lowest BCUT2D eigenvalue weighted by Gasteiger charge is -2.28. The molecule has 0 radical (unpaired) electrons. The minimum Gasteiger partial charge on any atom is -0.384 e. The molecule has 0 bridgehead atoms. The van der Waals surface area contributed by atoms with Crippen molar-refractivity contribution in [1.82, 2.24) is 10.3 Å². The van der Waals surface area contributed by atoms with Crippen LogP contribution >= 0.6 is 22.7 Å². The molecule has 2 atom stereocenters. The van der Waals surface area contributed by atoms with E-state index in [1.807, 2.05) is 23.8 Å². The minimum absolute atomic E-state index is 0.343. The van der Waals surface area contributed by atoms with E-state index in [9.17, 15) is 5.11 Å². The van der Waals surface area contributed by atoms with Crippen molar-refractivity contribution >= 4 is 22.7 Å². The zero-order valence-corrected chi connectivity index (χ0v) is 13.5. The molecular weight excluding hydrogens is 288 g/mol. The Bertz CT molecular complexity index is 575. The fourth-order valence-corrected chi connectivity index (χ4v) is 4.60. The third kappa shape index (κ3) is 2.81. The van der Waals surface area contributed by atoms with Gasteiger partial charge in [-0.05, 0) is 55.5 Å². The summed E-state index contributed by atoms with van der Waals surface area (Å²) in [4.78, 5) is 5.98. The SMILES string of the molecule is Cc1nc2c(s1)C(NCC(C)(O)c1ccsc1)CCC2. The number of nitrogens with one attached hydrogen (secondary N) is 1. The Balaban J connectivity index is 1.70. The van der Waals surface area contributed by atoms with Gasteiger partial charge in [-0.25, -0.2) is 4.98 Å². The van der Waals surface area contributed by atoms with E-state index in [0.29, 0.717) is 12.6 Å². The van der Waals surface area contributed by atoms with Gasteiger partial charge < -0.3 is 10.4 Å². The van der Waals surface area contributed by atoms with Gasteiger partial charge in [0.05, 0.1) is 10.7 Å². The molecule has 1 aliphatic carbocycles. The first-order valence-corrected chi connectivity index (χ1v) is 8.77. The molecule has 0 fully saturated rings. The number of aliphatic hydroxyl groups is 1. The zero-order valence-electron chi connectivity index (χ0n) is 11.8. The van der Waals surface area contributed by atoms with Crippen LogP contribution in [-0.2, 0) is 12.0 Å². The van der Waals surface area contributed by atoms with Crippen LogP contribution in [0.25, 0.3) is 0 Å². The summed E-state index contributed by atoms with van der Waals surface area (Å²) in [6, 6.07) is 2.34. The molecular formula is C15H20N2OS2. The molecule has 2 aromatic heterocycles. The van der Waals surface area contributed by atoms with E-state index in [2.05, 4.69) is 17.2 Å². The molecule has 2 heterocycles. The molecule has 108 valence electrons. The summed E-state index contributed by atoms with van der Waals surface area (Å²) < 4.78 is 0. The lowest BCUT2D eigenvalue weighted by molar-refractivity contribution is 0.0536. The highest BCUT2D eigenvalue weighted by Gasteiger charge is 2.28. The van der Waals surface area contributed by atoms with Gasteiger partial charge in [0, 0.05) is 17.5 Å². The fraction of sp³-hybridized carbons (Fsp3) is 0.533. The van der Waals surface area contributed by atoms with E-state index in [1.54, 1.807) is 22.7 Å². The van der Waals surface area contributed by atoms with Crippen LogP contribution in [0.4, 0.5) is 0 Å². The molecule has 2 unspecified atom stereocenters. The molecule has 0 aliphatic heterocycles. The van der Waals surface area contributed by atoms with Gasteiger partial charge >= 0.3 is 0 Å². The number of nitrogens with zero attached hydrogens (tertiary/aromatic N) is 1. The Morgan fingerprint density at radius 1 is 1.55 bits per heavy atom. The van der Waals surface area contributed by atoms with Crippen LogP contribution in [0.5, 0.6) is 0 Å². The molecule has 5 heteroatoms. The molecule has 0 spiro atoms. The summed E-state index contributed by atoms with van der Waals surface area (Å²) in [7, 11) is 0. The van der Waals surface area contributed by atoms with Crippen LogP contribution in [0, 0.1) is 6.92 Å². The Morgan fingerprint density at radius 3 is 3.15 bits per heavy atom. The first-order chi connectivity index (χ1) is 9.56. The largest absolute Gasteiger partial charge is 0.384 e. The molecule has 0 saturated heterocycles. The number of hydrogen-bond donors (Lipinski definition) is 2. The van der Waals surface area contributed by atoms with Gasteiger partial charge in [-0.2, -0.15) is 11.3 Å². The van der Waals surface area contributed by atoms with Crippen LogP contribution < -0.4 is 5.32 Å². The Labute approximate surface area is 127 Å². The number of aryl methyl sites for hydroxylation is 2. The second-order valence-corrected chi connectivity index (χ2v) is 7.67. The highest BCUT2D eigenvalue weighted by atomic mass is 32.1. The van der Waals surface area contributed by atoms with E-state index in [0.717, 1.165) is 23.4 Å². The van der Waals surface area contributed by atoms with Gasteiger partial charge in [0.25, 0.3) is 0 Å². The molecule has 2 N–H and O–H groups in total. The van der Waals surface area contributed by atoms with Crippen molar-refractivity contribution in [3.05, 3.63) is 38.0 Å². The third-order valence-electron chi connectivity index (χ3n) is 3.89. The van der Waals surface area contributed by atoms with Crippen molar-refractivity contribution in [3.8, 4) is 0 Å². The Hall–Kier alpha value is -0.750. The molecule has 0 aromatic carbocycles. The van der Waals surface area contributed by atoms with Crippen molar-refractivity contribution in [1.29, 1.82) is 0 Å². The second-order valence-electron chi connectivity index (χ2n) is 5.66. The molecule has 0 saturated carbocycles. The molecule has 3 nitrogen and oxygen atoms in total. The first kappa shape index (κ1) is 14.2. The number of hydrogen-bond acceptors (Lipinski definition) is 5. The fourth-order valence-electron chi connectivity index (χ4n) is 2.73. The number of rotatable bonds is 4. The van der Waals surface area contributed by atoms with Gasteiger partial charge in [-0.1, -0.05) is 0 Å². The van der Waals surface area contributed by atoms with Crippen LogP contribution in [0.3, 0.4) is 0 Å². The number of aromatic nitrogens is 1. The number of thiazole rings is 1. The van der Waals surface area contributed by atoms with Gasteiger partial charge in [0.1, 0.15) is 5.60 Å². The van der Waals surface area contributed by atoms with Gasteiger partial charge in [0.2, 0.25) is 0 Å². The normalized spacial score (nSPS) is 21.4. The quantitative estimate of drug-likeness (QED) is 0.910. The van der Waals surface area contributed by atoms with Crippen molar-refractivity contribution in [3.63, 3.8) is 0 Å². The lowest BCUT2D eigenvalue weighted by Crippen LogP contribution is -2.37. The third-order valence-corrected chi connectivity index (χ3v) is 5.70. The van der Waals surface area contributed by atoms with Crippen LogP contribution in [-0.4, -0.2) is 16.6 Å². The van der Waals surface area contributed by atoms with E-state index in [1.165, 1.54) is 17.0 Å². The standard InChI is InChI=1S/C15H20N2OS2/c1-10-17-13-5-3-4-12(14(13)20-10)16-9-15(2,18)11-6-7-19-8-11/h6-8,12,16,18H,3-5,9H2,1-2H3. The highest BCUT2D eigenvalue weighted by molar-refractivity contribution is 7.11.